The van der Waals surface area contributed by atoms with Crippen molar-refractivity contribution in [3.63, 3.8) is 0 Å². The first-order valence-electron chi connectivity index (χ1n) is 8.67. The summed E-state index contributed by atoms with van der Waals surface area (Å²) < 4.78 is 15.5. The molecular weight excluding hydrogens is 346 g/mol. The second-order valence-electron chi connectivity index (χ2n) is 5.81. The zero-order valence-electron chi connectivity index (χ0n) is 15.3. The number of aromatic nitrogens is 2. The molecule has 1 heterocycles. The van der Waals surface area contributed by atoms with Gasteiger partial charge in [-0.05, 0) is 55.0 Å². The van der Waals surface area contributed by atoms with Crippen LogP contribution in [0.3, 0.4) is 0 Å². The smallest absolute Gasteiger partial charge is 0.338 e. The van der Waals surface area contributed by atoms with E-state index in [1.165, 1.54) is 0 Å². The number of carbonyl (C=O) groups is 1. The lowest BCUT2D eigenvalue weighted by molar-refractivity contribution is 0.0505. The molecule has 140 valence electrons. The molecule has 0 atom stereocenters. The summed E-state index contributed by atoms with van der Waals surface area (Å²) in [6, 6.07) is 14.5. The number of hydrogen-bond acceptors (Lipinski definition) is 7. The highest BCUT2D eigenvalue weighted by Gasteiger charge is 2.10. The van der Waals surface area contributed by atoms with Gasteiger partial charge in [0.2, 0.25) is 11.7 Å². The highest BCUT2D eigenvalue weighted by molar-refractivity contribution is 5.89. The molecule has 0 saturated heterocycles. The normalized spacial score (nSPS) is 10.4. The third kappa shape index (κ3) is 4.84. The van der Waals surface area contributed by atoms with Crippen LogP contribution in [-0.4, -0.2) is 29.8 Å². The summed E-state index contributed by atoms with van der Waals surface area (Å²) in [5.41, 5.74) is 2.21. The van der Waals surface area contributed by atoms with Gasteiger partial charge in [0.05, 0.1) is 25.8 Å². The Bertz CT molecular complexity index is 873. The number of hydrogen-bond donors (Lipinski definition) is 1. The number of anilines is 1. The lowest BCUT2D eigenvalue weighted by atomic mass is 10.2. The van der Waals surface area contributed by atoms with Crippen LogP contribution in [0, 0.1) is 0 Å². The van der Waals surface area contributed by atoms with Gasteiger partial charge >= 0.3 is 5.97 Å². The Morgan fingerprint density at radius 3 is 2.52 bits per heavy atom. The van der Waals surface area contributed by atoms with Gasteiger partial charge in [-0.1, -0.05) is 12.1 Å². The Labute approximate surface area is 157 Å². The lowest BCUT2D eigenvalue weighted by Gasteiger charge is -2.05. The minimum Gasteiger partial charge on any atom is -0.497 e. The van der Waals surface area contributed by atoms with Gasteiger partial charge in [0.25, 0.3) is 0 Å². The Morgan fingerprint density at radius 2 is 1.85 bits per heavy atom. The number of nitrogens with zero attached hydrogens (tertiary/aromatic N) is 2. The van der Waals surface area contributed by atoms with E-state index >= 15 is 0 Å². The fraction of sp³-hybridized carbons (Fsp3) is 0.250. The van der Waals surface area contributed by atoms with Crippen LogP contribution in [-0.2, 0) is 11.3 Å². The largest absolute Gasteiger partial charge is 0.497 e. The summed E-state index contributed by atoms with van der Waals surface area (Å²) >= 11 is 0. The van der Waals surface area contributed by atoms with Crippen molar-refractivity contribution < 1.29 is 18.8 Å². The number of benzene rings is 2. The average Bonchev–Trinajstić information content (AvgIpc) is 3.20. The van der Waals surface area contributed by atoms with E-state index in [0.717, 1.165) is 23.4 Å². The molecule has 27 heavy (non-hydrogen) atoms. The van der Waals surface area contributed by atoms with Gasteiger partial charge in [-0.25, -0.2) is 4.79 Å². The number of rotatable bonds is 8. The molecule has 2 aromatic carbocycles. The van der Waals surface area contributed by atoms with Crippen molar-refractivity contribution in [2.75, 3.05) is 19.0 Å². The van der Waals surface area contributed by atoms with Crippen LogP contribution in [0.4, 0.5) is 5.69 Å². The summed E-state index contributed by atoms with van der Waals surface area (Å²) in [6.45, 7) is 2.76. The highest BCUT2D eigenvalue weighted by atomic mass is 16.5. The van der Waals surface area contributed by atoms with Crippen LogP contribution in [0.25, 0.3) is 11.4 Å². The van der Waals surface area contributed by atoms with Gasteiger partial charge in [0.1, 0.15) is 5.75 Å². The number of ether oxygens (including phenoxy) is 2. The molecular formula is C20H21N3O4. The molecule has 0 bridgehead atoms. The Morgan fingerprint density at radius 1 is 1.11 bits per heavy atom. The monoisotopic (exact) mass is 367 g/mol. The molecule has 0 aliphatic rings. The van der Waals surface area contributed by atoms with Crippen molar-refractivity contribution in [3.05, 3.63) is 60.0 Å². The second-order valence-corrected chi connectivity index (χ2v) is 5.81. The topological polar surface area (TPSA) is 86.5 Å². The summed E-state index contributed by atoms with van der Waals surface area (Å²) in [5, 5.41) is 7.18. The van der Waals surface area contributed by atoms with E-state index < -0.39 is 0 Å². The first kappa shape index (κ1) is 18.4. The quantitative estimate of drug-likeness (QED) is 0.604. The second kappa shape index (κ2) is 8.84. The summed E-state index contributed by atoms with van der Waals surface area (Å²) in [4.78, 5) is 16.2. The molecule has 0 aliphatic carbocycles. The van der Waals surface area contributed by atoms with Crippen LogP contribution in [0.5, 0.6) is 5.75 Å². The van der Waals surface area contributed by atoms with E-state index in [2.05, 4.69) is 15.5 Å². The van der Waals surface area contributed by atoms with Gasteiger partial charge in [-0.2, -0.15) is 4.98 Å². The molecule has 7 nitrogen and oxygen atoms in total. The Kier molecular flexibility index (Phi) is 6.04. The van der Waals surface area contributed by atoms with Gasteiger partial charge in [0.15, 0.2) is 0 Å². The maximum absolute atomic E-state index is 11.8. The molecule has 0 amide bonds. The maximum atomic E-state index is 11.8. The Hall–Kier alpha value is -3.35. The molecule has 0 radical (unpaired) electrons. The number of nitrogens with one attached hydrogen (secondary N) is 1. The SMILES string of the molecule is CCCOC(=O)c1ccc(NCc2nc(-c3ccc(OC)cc3)no2)cc1. The van der Waals surface area contributed by atoms with Crippen LogP contribution in [0.15, 0.2) is 53.1 Å². The van der Waals surface area contributed by atoms with E-state index in [1.54, 1.807) is 19.2 Å². The number of carbonyl (C=O) groups excluding carboxylic acids is 1. The van der Waals surface area contributed by atoms with Crippen LogP contribution >= 0.6 is 0 Å². The van der Waals surface area contributed by atoms with Crippen molar-refractivity contribution in [1.82, 2.24) is 10.1 Å². The highest BCUT2D eigenvalue weighted by Crippen LogP contribution is 2.20. The van der Waals surface area contributed by atoms with Crippen molar-refractivity contribution in [1.29, 1.82) is 0 Å². The van der Waals surface area contributed by atoms with Gasteiger partial charge in [-0.3, -0.25) is 0 Å². The number of methoxy groups -OCH3 is 1. The van der Waals surface area contributed by atoms with Crippen LogP contribution in [0.1, 0.15) is 29.6 Å². The molecule has 3 aromatic rings. The van der Waals surface area contributed by atoms with Crippen molar-refractivity contribution in [3.8, 4) is 17.1 Å². The third-order valence-corrected chi connectivity index (χ3v) is 3.82. The van der Waals surface area contributed by atoms with E-state index in [9.17, 15) is 4.79 Å². The summed E-state index contributed by atoms with van der Waals surface area (Å²) in [5.74, 6) is 1.44. The summed E-state index contributed by atoms with van der Waals surface area (Å²) in [7, 11) is 1.62. The molecule has 1 aromatic heterocycles. The van der Waals surface area contributed by atoms with Crippen molar-refractivity contribution >= 4 is 11.7 Å². The van der Waals surface area contributed by atoms with E-state index in [0.29, 0.717) is 30.4 Å². The van der Waals surface area contributed by atoms with Crippen LogP contribution < -0.4 is 10.1 Å². The molecule has 0 spiro atoms. The maximum Gasteiger partial charge on any atom is 0.338 e. The van der Waals surface area contributed by atoms with Crippen LogP contribution in [0.2, 0.25) is 0 Å². The molecule has 3 rings (SSSR count). The van der Waals surface area contributed by atoms with Crippen molar-refractivity contribution in [2.45, 2.75) is 19.9 Å². The first-order valence-corrected chi connectivity index (χ1v) is 8.67. The minimum absolute atomic E-state index is 0.315. The standard InChI is InChI=1S/C20H21N3O4/c1-3-12-26-20(24)15-4-8-16(9-5-15)21-13-18-22-19(23-27-18)14-6-10-17(25-2)11-7-14/h4-11,21H,3,12-13H2,1-2H3. The predicted octanol–water partition coefficient (Wildman–Crippen LogP) is 3.92. The van der Waals surface area contributed by atoms with Gasteiger partial charge in [-0.15, -0.1) is 0 Å². The van der Waals surface area contributed by atoms with E-state index in [4.69, 9.17) is 14.0 Å². The zero-order chi connectivity index (χ0) is 19.1. The third-order valence-electron chi connectivity index (χ3n) is 3.82. The molecule has 0 saturated carbocycles. The molecule has 0 aliphatic heterocycles. The van der Waals surface area contributed by atoms with Crippen molar-refractivity contribution in [2.24, 2.45) is 0 Å². The number of esters is 1. The minimum atomic E-state index is -0.315. The average molecular weight is 367 g/mol. The van der Waals surface area contributed by atoms with Gasteiger partial charge in [0, 0.05) is 11.3 Å². The van der Waals surface area contributed by atoms with E-state index in [1.807, 2.05) is 43.3 Å². The Balaban J connectivity index is 1.57. The molecule has 0 fully saturated rings. The predicted molar refractivity (Wildman–Crippen MR) is 101 cm³/mol. The lowest BCUT2D eigenvalue weighted by Crippen LogP contribution is -2.06. The first-order chi connectivity index (χ1) is 13.2. The fourth-order valence-corrected chi connectivity index (χ4v) is 2.36. The van der Waals surface area contributed by atoms with E-state index in [-0.39, 0.29) is 5.97 Å². The fourth-order valence-electron chi connectivity index (χ4n) is 2.36. The molecule has 0 unspecified atom stereocenters. The molecule has 1 N–H and O–H groups in total. The summed E-state index contributed by atoms with van der Waals surface area (Å²) in [6.07, 6.45) is 0.800. The zero-order valence-corrected chi connectivity index (χ0v) is 15.3. The van der Waals surface area contributed by atoms with Gasteiger partial charge < -0.3 is 19.3 Å². The molecule has 7 heteroatoms.